The molecule has 4 aromatic rings. The van der Waals surface area contributed by atoms with E-state index < -0.39 is 13.0 Å². The fourth-order valence-electron chi connectivity index (χ4n) is 3.31. The number of primary amides is 1. The Labute approximate surface area is 188 Å². The lowest BCUT2D eigenvalue weighted by Gasteiger charge is -2.12. The zero-order valence-corrected chi connectivity index (χ0v) is 17.8. The zero-order chi connectivity index (χ0) is 23.5. The summed E-state index contributed by atoms with van der Waals surface area (Å²) in [7, 11) is 1.30. The van der Waals surface area contributed by atoms with Gasteiger partial charge < -0.3 is 30.6 Å². The van der Waals surface area contributed by atoms with Gasteiger partial charge >= 0.3 is 13.1 Å². The second-order valence-electron chi connectivity index (χ2n) is 6.91. The van der Waals surface area contributed by atoms with Crippen LogP contribution in [0.1, 0.15) is 15.9 Å². The van der Waals surface area contributed by atoms with E-state index in [-0.39, 0.29) is 29.2 Å². The van der Waals surface area contributed by atoms with Crippen molar-refractivity contribution in [2.75, 3.05) is 19.5 Å². The minimum absolute atomic E-state index is 0.124. The van der Waals surface area contributed by atoms with E-state index in [1.54, 1.807) is 36.4 Å². The number of hydrogen-bond donors (Lipinski definition) is 4. The molecule has 4 rings (SSSR count). The van der Waals surface area contributed by atoms with Gasteiger partial charge in [-0.1, -0.05) is 30.3 Å². The number of amides is 1. The van der Waals surface area contributed by atoms with Crippen LogP contribution in [0.5, 0.6) is 11.9 Å². The van der Waals surface area contributed by atoms with Gasteiger partial charge in [-0.05, 0) is 23.2 Å². The third-order valence-corrected chi connectivity index (χ3v) is 4.85. The smallest absolute Gasteiger partial charge is 0.477 e. The number of rotatable bonds is 8. The first-order valence-corrected chi connectivity index (χ1v) is 9.76. The molecule has 2 aromatic carbocycles. The monoisotopic (exact) mass is 449 g/mol. The number of nitrogens with zero attached hydrogens (tertiary/aromatic N) is 5. The Kier molecular flexibility index (Phi) is 6.06. The first-order chi connectivity index (χ1) is 15.9. The minimum Gasteiger partial charge on any atom is -0.477 e. The van der Waals surface area contributed by atoms with Crippen LogP contribution in [0.25, 0.3) is 17.0 Å². The van der Waals surface area contributed by atoms with Crippen LogP contribution < -0.4 is 26.0 Å². The third-order valence-electron chi connectivity index (χ3n) is 4.85. The van der Waals surface area contributed by atoms with Crippen molar-refractivity contribution in [3.05, 3.63) is 53.6 Å². The number of hydrogen-bond acceptors (Lipinski definition) is 10. The molecular weight excluding hydrogens is 429 g/mol. The number of carbonyl (C=O) groups excluding carboxylic acids is 1. The number of para-hydroxylation sites is 1. The number of nitrogens with two attached hydrogens (primary N) is 1. The summed E-state index contributed by atoms with van der Waals surface area (Å²) in [5.41, 5.74) is 7.70. The molecule has 0 bridgehead atoms. The number of benzene rings is 2. The van der Waals surface area contributed by atoms with Crippen LogP contribution >= 0.6 is 0 Å². The highest BCUT2D eigenvalue weighted by Gasteiger charge is 2.21. The number of nitrogens with one attached hydrogen (secondary N) is 1. The summed E-state index contributed by atoms with van der Waals surface area (Å²) in [5, 5.41) is 30.1. The van der Waals surface area contributed by atoms with E-state index in [4.69, 9.17) is 15.2 Å². The van der Waals surface area contributed by atoms with Gasteiger partial charge in [0.25, 0.3) is 17.7 Å². The van der Waals surface area contributed by atoms with E-state index in [1.807, 2.05) is 6.07 Å². The third kappa shape index (κ3) is 4.27. The summed E-state index contributed by atoms with van der Waals surface area (Å²) >= 11 is 0. The lowest BCUT2D eigenvalue weighted by Crippen LogP contribution is -2.30. The number of aromatic nitrogens is 5. The van der Waals surface area contributed by atoms with Gasteiger partial charge in [0, 0.05) is 6.54 Å². The highest BCUT2D eigenvalue weighted by atomic mass is 16.5. The van der Waals surface area contributed by atoms with Crippen LogP contribution in [0, 0.1) is 0 Å². The van der Waals surface area contributed by atoms with Crippen molar-refractivity contribution in [2.45, 2.75) is 6.54 Å². The maximum Gasteiger partial charge on any atom is 0.488 e. The van der Waals surface area contributed by atoms with Crippen molar-refractivity contribution < 1.29 is 24.3 Å². The minimum atomic E-state index is -1.57. The van der Waals surface area contributed by atoms with E-state index in [0.29, 0.717) is 23.0 Å². The molecule has 0 aliphatic heterocycles. The van der Waals surface area contributed by atoms with Crippen molar-refractivity contribution in [3.63, 3.8) is 0 Å². The Morgan fingerprint density at radius 1 is 1.12 bits per heavy atom. The van der Waals surface area contributed by atoms with Gasteiger partial charge in [0.15, 0.2) is 5.82 Å². The van der Waals surface area contributed by atoms with E-state index >= 15 is 0 Å². The fraction of sp³-hybridized carbons (Fsp3) is 0.150. The summed E-state index contributed by atoms with van der Waals surface area (Å²) in [5.74, 6) is -0.0659. The van der Waals surface area contributed by atoms with Gasteiger partial charge in [0.1, 0.15) is 5.52 Å². The summed E-state index contributed by atoms with van der Waals surface area (Å²) in [4.78, 5) is 20.7. The SMILES string of the molecule is COc1nnc(-n2c(OC)nc3c(C(N)=O)cccc32)nc1NCc1cccc(B(O)O)c1. The Balaban J connectivity index is 1.74. The van der Waals surface area contributed by atoms with E-state index in [9.17, 15) is 14.8 Å². The molecule has 0 aliphatic carbocycles. The van der Waals surface area contributed by atoms with Gasteiger partial charge in [-0.25, -0.2) is 4.57 Å². The van der Waals surface area contributed by atoms with Gasteiger partial charge in [0.05, 0.1) is 25.3 Å². The molecule has 168 valence electrons. The number of methoxy groups -OCH3 is 2. The average Bonchev–Trinajstić information content (AvgIpc) is 3.21. The topological polar surface area (TPSA) is 171 Å². The van der Waals surface area contributed by atoms with Crippen LogP contribution in [0.4, 0.5) is 5.82 Å². The van der Waals surface area contributed by atoms with E-state index in [1.165, 1.54) is 18.8 Å². The largest absolute Gasteiger partial charge is 0.488 e. The molecule has 33 heavy (non-hydrogen) atoms. The predicted molar refractivity (Wildman–Crippen MR) is 120 cm³/mol. The highest BCUT2D eigenvalue weighted by Crippen LogP contribution is 2.28. The Hall–Kier alpha value is -4.23. The maximum atomic E-state index is 11.8. The molecule has 0 saturated heterocycles. The van der Waals surface area contributed by atoms with Crippen LogP contribution in [0.15, 0.2) is 42.5 Å². The van der Waals surface area contributed by atoms with Gasteiger partial charge in [-0.3, -0.25) is 4.79 Å². The van der Waals surface area contributed by atoms with Gasteiger partial charge in [-0.2, -0.15) is 9.97 Å². The summed E-state index contributed by atoms with van der Waals surface area (Å²) < 4.78 is 12.1. The Bertz CT molecular complexity index is 1330. The molecule has 5 N–H and O–H groups in total. The molecule has 0 atom stereocenters. The fourth-order valence-corrected chi connectivity index (χ4v) is 3.31. The molecule has 0 fully saturated rings. The number of imidazole rings is 1. The molecule has 2 aromatic heterocycles. The Morgan fingerprint density at radius 2 is 1.91 bits per heavy atom. The molecular formula is C20H20BN7O5. The summed E-state index contributed by atoms with van der Waals surface area (Å²) in [6.07, 6.45) is 0. The molecule has 12 nitrogen and oxygen atoms in total. The number of fused-ring (bicyclic) bond motifs is 1. The molecule has 0 saturated carbocycles. The van der Waals surface area contributed by atoms with Crippen molar-refractivity contribution in [1.29, 1.82) is 0 Å². The molecule has 2 heterocycles. The highest BCUT2D eigenvalue weighted by molar-refractivity contribution is 6.58. The van der Waals surface area contributed by atoms with Crippen LogP contribution in [0.2, 0.25) is 0 Å². The van der Waals surface area contributed by atoms with Gasteiger partial charge in [0.2, 0.25) is 0 Å². The second kappa shape index (κ2) is 9.10. The molecule has 0 radical (unpaired) electrons. The van der Waals surface area contributed by atoms with E-state index in [2.05, 4.69) is 25.5 Å². The number of carbonyl (C=O) groups is 1. The number of anilines is 1. The van der Waals surface area contributed by atoms with Gasteiger partial charge in [-0.15, -0.1) is 10.2 Å². The van der Waals surface area contributed by atoms with Crippen LogP contribution in [-0.4, -0.2) is 62.0 Å². The summed E-state index contributed by atoms with van der Waals surface area (Å²) in [6, 6.07) is 11.9. The molecule has 1 amide bonds. The van der Waals surface area contributed by atoms with Crippen LogP contribution in [-0.2, 0) is 6.54 Å². The Morgan fingerprint density at radius 3 is 2.61 bits per heavy atom. The molecule has 0 spiro atoms. The van der Waals surface area contributed by atoms with Crippen molar-refractivity contribution in [2.24, 2.45) is 5.73 Å². The predicted octanol–water partition coefficient (Wildman–Crippen LogP) is -0.382. The van der Waals surface area contributed by atoms with E-state index in [0.717, 1.165) is 5.56 Å². The zero-order valence-electron chi connectivity index (χ0n) is 17.8. The average molecular weight is 449 g/mol. The molecule has 0 unspecified atom stereocenters. The summed E-state index contributed by atoms with van der Waals surface area (Å²) in [6.45, 7) is 0.294. The quantitative estimate of drug-likeness (QED) is 0.260. The van der Waals surface area contributed by atoms with Crippen molar-refractivity contribution in [3.8, 4) is 17.8 Å². The van der Waals surface area contributed by atoms with Crippen molar-refractivity contribution >= 4 is 35.3 Å². The molecule has 0 aliphatic rings. The maximum absolute atomic E-state index is 11.8. The first kappa shape index (κ1) is 22.0. The number of ether oxygens (including phenoxy) is 2. The molecule has 13 heteroatoms. The lowest BCUT2D eigenvalue weighted by molar-refractivity contribution is 0.100. The lowest BCUT2D eigenvalue weighted by atomic mass is 9.80. The normalized spacial score (nSPS) is 10.8. The second-order valence-corrected chi connectivity index (χ2v) is 6.91. The van der Waals surface area contributed by atoms with Crippen molar-refractivity contribution in [1.82, 2.24) is 24.7 Å². The standard InChI is InChI=1S/C20H20BN7O5/c1-32-18-17(23-10-11-5-3-6-12(9-11)21(30)31)25-19(27-26-18)28-14-8-4-7-13(16(22)29)15(14)24-20(28)33-2/h3-9,30-31H,10H2,1-2H3,(H2,22,29)(H,23,25,27). The van der Waals surface area contributed by atoms with Crippen LogP contribution in [0.3, 0.4) is 0 Å². The first-order valence-electron chi connectivity index (χ1n) is 9.76.